The van der Waals surface area contributed by atoms with Crippen LogP contribution in [0.15, 0.2) is 53.8 Å². The van der Waals surface area contributed by atoms with Crippen molar-refractivity contribution in [2.45, 2.75) is 13.8 Å². The number of hydrogen-bond donors (Lipinski definition) is 2. The third-order valence-electron chi connectivity index (χ3n) is 5.46. The van der Waals surface area contributed by atoms with E-state index in [4.69, 9.17) is 14.2 Å². The lowest BCUT2D eigenvalue weighted by Gasteiger charge is -2.27. The molecule has 1 fully saturated rings. The highest BCUT2D eigenvalue weighted by Crippen LogP contribution is 2.28. The molecule has 4 rings (SSSR count). The van der Waals surface area contributed by atoms with Crippen molar-refractivity contribution in [3.05, 3.63) is 65.6 Å². The number of ether oxygens (including phenoxy) is 3. The van der Waals surface area contributed by atoms with Gasteiger partial charge >= 0.3 is 0 Å². The Morgan fingerprint density at radius 3 is 2.78 bits per heavy atom. The van der Waals surface area contributed by atoms with E-state index >= 15 is 0 Å². The summed E-state index contributed by atoms with van der Waals surface area (Å²) in [6.07, 6.45) is 2.67. The van der Waals surface area contributed by atoms with Crippen molar-refractivity contribution in [3.8, 4) is 11.5 Å². The van der Waals surface area contributed by atoms with Crippen molar-refractivity contribution in [1.29, 1.82) is 0 Å². The minimum Gasteiger partial charge on any atom is -0.490 e. The van der Waals surface area contributed by atoms with Crippen LogP contribution in [0.5, 0.6) is 11.5 Å². The van der Waals surface area contributed by atoms with Gasteiger partial charge in [0.1, 0.15) is 0 Å². The lowest BCUT2D eigenvalue weighted by atomic mass is 10.2. The van der Waals surface area contributed by atoms with Gasteiger partial charge in [0.25, 0.3) is 5.91 Å². The van der Waals surface area contributed by atoms with Crippen LogP contribution in [0, 0.1) is 12.7 Å². The molecule has 2 heterocycles. The molecule has 1 aliphatic heterocycles. The first-order valence-electron chi connectivity index (χ1n) is 11.9. The van der Waals surface area contributed by atoms with Crippen LogP contribution >= 0.6 is 0 Å². The number of amides is 1. The molecule has 0 unspecified atom stereocenters. The first-order chi connectivity index (χ1) is 18.0. The Kier molecular flexibility index (Phi) is 8.82. The number of rotatable bonds is 10. The van der Waals surface area contributed by atoms with Crippen LogP contribution in [0.1, 0.15) is 18.1 Å². The Balaban J connectivity index is 1.37. The number of para-hydroxylation sites is 1. The maximum absolute atomic E-state index is 14.2. The number of benzene rings is 2. The Morgan fingerprint density at radius 1 is 1.19 bits per heavy atom. The molecule has 0 radical (unpaired) electrons. The number of aromatic nitrogens is 2. The van der Waals surface area contributed by atoms with E-state index < -0.39 is 5.82 Å². The number of hydrogen-bond acceptors (Lipinski definition) is 9. The van der Waals surface area contributed by atoms with E-state index in [0.29, 0.717) is 50.0 Å². The fourth-order valence-electron chi connectivity index (χ4n) is 3.61. The maximum Gasteiger partial charge on any atom is 0.262 e. The van der Waals surface area contributed by atoms with Crippen LogP contribution in [0.4, 0.5) is 21.8 Å². The molecule has 194 valence electrons. The fourth-order valence-corrected chi connectivity index (χ4v) is 3.61. The second-order valence-electron chi connectivity index (χ2n) is 8.13. The zero-order valence-electron chi connectivity index (χ0n) is 20.7. The second-order valence-corrected chi connectivity index (χ2v) is 8.13. The van der Waals surface area contributed by atoms with Gasteiger partial charge < -0.3 is 24.4 Å². The molecule has 3 aromatic rings. The molecule has 1 aromatic heterocycles. The molecule has 1 aliphatic rings. The van der Waals surface area contributed by atoms with Crippen molar-refractivity contribution in [2.24, 2.45) is 5.10 Å². The summed E-state index contributed by atoms with van der Waals surface area (Å²) in [6.45, 7) is 6.17. The molecule has 11 heteroatoms. The SMILES string of the molecule is CCOc1cc(/C=N/Nc2ncc(F)c(N3CCOCC3)n2)ccc1OCC(=O)Nc1ccccc1C. The molecule has 0 bridgehead atoms. The van der Waals surface area contributed by atoms with E-state index in [9.17, 15) is 9.18 Å². The minimum absolute atomic E-state index is 0.170. The zero-order chi connectivity index (χ0) is 26.0. The van der Waals surface area contributed by atoms with Gasteiger partial charge in [0, 0.05) is 18.8 Å². The average molecular weight is 509 g/mol. The van der Waals surface area contributed by atoms with E-state index in [1.165, 1.54) is 0 Å². The molecular weight excluding hydrogens is 479 g/mol. The first kappa shape index (κ1) is 25.8. The number of aryl methyl sites for hydroxylation is 1. The van der Waals surface area contributed by atoms with Crippen LogP contribution in [0.2, 0.25) is 0 Å². The van der Waals surface area contributed by atoms with Gasteiger partial charge in [-0.3, -0.25) is 4.79 Å². The van der Waals surface area contributed by atoms with E-state index in [1.807, 2.05) is 43.0 Å². The summed E-state index contributed by atoms with van der Waals surface area (Å²) in [7, 11) is 0. The van der Waals surface area contributed by atoms with E-state index in [1.54, 1.807) is 24.4 Å². The number of nitrogens with one attached hydrogen (secondary N) is 2. The zero-order valence-corrected chi connectivity index (χ0v) is 20.7. The molecule has 10 nitrogen and oxygen atoms in total. The van der Waals surface area contributed by atoms with Gasteiger partial charge in [0.15, 0.2) is 29.7 Å². The van der Waals surface area contributed by atoms with Crippen LogP contribution in [0.3, 0.4) is 0 Å². The molecule has 0 atom stereocenters. The average Bonchev–Trinajstić information content (AvgIpc) is 2.91. The van der Waals surface area contributed by atoms with Gasteiger partial charge in [-0.15, -0.1) is 0 Å². The normalized spacial score (nSPS) is 13.4. The minimum atomic E-state index is -0.499. The molecule has 1 amide bonds. The predicted octanol–water partition coefficient (Wildman–Crippen LogP) is 3.62. The first-order valence-corrected chi connectivity index (χ1v) is 11.9. The van der Waals surface area contributed by atoms with Gasteiger partial charge in [-0.2, -0.15) is 10.1 Å². The van der Waals surface area contributed by atoms with Gasteiger partial charge in [-0.1, -0.05) is 18.2 Å². The lowest BCUT2D eigenvalue weighted by Crippen LogP contribution is -2.37. The molecule has 0 aliphatic carbocycles. The summed E-state index contributed by atoms with van der Waals surface area (Å²) >= 11 is 0. The molecule has 37 heavy (non-hydrogen) atoms. The third-order valence-corrected chi connectivity index (χ3v) is 5.46. The van der Waals surface area contributed by atoms with Gasteiger partial charge in [-0.25, -0.2) is 14.8 Å². The molecule has 2 aromatic carbocycles. The number of carbonyl (C=O) groups is 1. The highest BCUT2D eigenvalue weighted by Gasteiger charge is 2.17. The topological polar surface area (TPSA) is 110 Å². The molecule has 2 N–H and O–H groups in total. The summed E-state index contributed by atoms with van der Waals surface area (Å²) in [5.74, 6) is 0.515. The Bertz CT molecular complexity index is 1250. The summed E-state index contributed by atoms with van der Waals surface area (Å²) < 4.78 is 30.9. The number of anilines is 3. The van der Waals surface area contributed by atoms with Gasteiger partial charge in [-0.05, 0) is 49.2 Å². The van der Waals surface area contributed by atoms with Crippen molar-refractivity contribution in [3.63, 3.8) is 0 Å². The maximum atomic E-state index is 14.2. The molecular formula is C26H29FN6O4. The van der Waals surface area contributed by atoms with Crippen LogP contribution in [-0.4, -0.2) is 61.6 Å². The summed E-state index contributed by atoms with van der Waals surface area (Å²) in [5, 5.41) is 7.00. The van der Waals surface area contributed by atoms with Crippen LogP contribution < -0.4 is 25.1 Å². The Hall–Kier alpha value is -4.25. The molecule has 0 saturated carbocycles. The third kappa shape index (κ3) is 7.14. The molecule has 0 spiro atoms. The Labute approximate surface area is 214 Å². The number of carbonyl (C=O) groups excluding carboxylic acids is 1. The Morgan fingerprint density at radius 2 is 2.00 bits per heavy atom. The predicted molar refractivity (Wildman–Crippen MR) is 139 cm³/mol. The van der Waals surface area contributed by atoms with Crippen LogP contribution in [0.25, 0.3) is 0 Å². The number of halogens is 1. The van der Waals surface area contributed by atoms with E-state index in [-0.39, 0.29) is 24.3 Å². The van der Waals surface area contributed by atoms with Crippen molar-refractivity contribution >= 4 is 29.6 Å². The van der Waals surface area contributed by atoms with Crippen molar-refractivity contribution in [1.82, 2.24) is 9.97 Å². The standard InChI is InChI=1S/C26H29FN6O4/c1-3-36-23-14-19(8-9-22(23)37-17-24(34)30-21-7-5-4-6-18(21)2)15-29-32-26-28-16-20(27)25(31-26)33-10-12-35-13-11-33/h4-9,14-16H,3,10-13,17H2,1-2H3,(H,30,34)(H,28,31,32)/b29-15+. The van der Waals surface area contributed by atoms with Crippen molar-refractivity contribution < 1.29 is 23.4 Å². The highest BCUT2D eigenvalue weighted by atomic mass is 19.1. The fraction of sp³-hybridized carbons (Fsp3) is 0.308. The van der Waals surface area contributed by atoms with Crippen molar-refractivity contribution in [2.75, 3.05) is 55.2 Å². The lowest BCUT2D eigenvalue weighted by molar-refractivity contribution is -0.118. The largest absolute Gasteiger partial charge is 0.490 e. The highest BCUT2D eigenvalue weighted by molar-refractivity contribution is 5.92. The van der Waals surface area contributed by atoms with E-state index in [0.717, 1.165) is 17.4 Å². The monoisotopic (exact) mass is 508 g/mol. The van der Waals surface area contributed by atoms with E-state index in [2.05, 4.69) is 25.8 Å². The second kappa shape index (κ2) is 12.6. The summed E-state index contributed by atoms with van der Waals surface area (Å²) in [4.78, 5) is 22.3. The van der Waals surface area contributed by atoms with Gasteiger partial charge in [0.05, 0.1) is 32.2 Å². The molecule has 1 saturated heterocycles. The number of morpholine rings is 1. The summed E-state index contributed by atoms with van der Waals surface area (Å²) in [6, 6.07) is 12.7. The number of nitrogens with zero attached hydrogens (tertiary/aromatic N) is 4. The smallest absolute Gasteiger partial charge is 0.262 e. The quantitative estimate of drug-likeness (QED) is 0.316. The summed E-state index contributed by atoms with van der Waals surface area (Å²) in [5.41, 5.74) is 5.15. The van der Waals surface area contributed by atoms with Gasteiger partial charge in [0.2, 0.25) is 5.95 Å². The number of hydrazone groups is 1. The van der Waals surface area contributed by atoms with Crippen LogP contribution in [-0.2, 0) is 9.53 Å².